The quantitative estimate of drug-likeness (QED) is 0.302. The molecule has 1 aliphatic carbocycles. The van der Waals surface area contributed by atoms with E-state index in [1.807, 2.05) is 24.3 Å². The fourth-order valence-corrected chi connectivity index (χ4v) is 6.70. The van der Waals surface area contributed by atoms with Gasteiger partial charge in [-0.2, -0.15) is 4.98 Å². The lowest BCUT2D eigenvalue weighted by molar-refractivity contribution is 0.0738. The lowest BCUT2D eigenvalue weighted by Crippen LogP contribution is -2.53. The second kappa shape index (κ2) is 11.0. The van der Waals surface area contributed by atoms with E-state index in [0.717, 1.165) is 44.7 Å². The summed E-state index contributed by atoms with van der Waals surface area (Å²) in [6.45, 7) is 8.17. The minimum atomic E-state index is -1.13. The third kappa shape index (κ3) is 5.75. The number of piperidine rings is 2. The molecule has 4 aromatic rings. The summed E-state index contributed by atoms with van der Waals surface area (Å²) in [6, 6.07) is 13.8. The maximum Gasteiger partial charge on any atom is 0.278 e. The van der Waals surface area contributed by atoms with Crippen LogP contribution in [0.1, 0.15) is 38.8 Å². The Labute approximate surface area is 250 Å². The molecular formula is C32H39FN8O2. The Kier molecular flexibility index (Phi) is 7.17. The maximum absolute atomic E-state index is 13.5. The van der Waals surface area contributed by atoms with Crippen LogP contribution in [-0.4, -0.2) is 73.7 Å². The van der Waals surface area contributed by atoms with Crippen LogP contribution in [-0.2, 0) is 12.1 Å². The average molecular weight is 587 g/mol. The van der Waals surface area contributed by atoms with Gasteiger partial charge in [-0.3, -0.25) is 4.79 Å². The number of aliphatic hydroxyl groups is 1. The number of alkyl halides is 1. The van der Waals surface area contributed by atoms with Crippen molar-refractivity contribution >= 4 is 28.4 Å². The van der Waals surface area contributed by atoms with Crippen molar-refractivity contribution in [3.8, 4) is 5.82 Å². The molecule has 0 radical (unpaired) electrons. The molecule has 2 N–H and O–H groups in total. The number of rotatable bonds is 9. The number of pyridine rings is 1. The molecule has 7 rings (SSSR count). The number of nitrogens with zero attached hydrogens (tertiary/aromatic N) is 7. The van der Waals surface area contributed by atoms with Crippen molar-refractivity contribution < 1.29 is 9.50 Å². The number of hydrogen-bond acceptors (Lipinski definition) is 8. The van der Waals surface area contributed by atoms with Crippen molar-refractivity contribution in [3.05, 3.63) is 64.7 Å². The second-order valence-corrected chi connectivity index (χ2v) is 13.0. The van der Waals surface area contributed by atoms with E-state index in [9.17, 15) is 14.3 Å². The standard InChI is InChI=1S/C32H39FN8O2/c1-32(2,43)27-4-3-5-28(36-27)41-29-26(30(42)40(41)20-21-6-7-21)15-34-31(37-29)35-24-8-10-25(11-9-24)39-18-22-14-23(19-39)17-38(16-22)13-12-33/h3-5,8-11,15,21-23,43H,6-7,12-14,16-20H2,1-2H3,(H,34,35,37). The number of hydrogen-bond donors (Lipinski definition) is 2. The molecule has 1 aromatic carbocycles. The third-order valence-electron chi connectivity index (χ3n) is 8.93. The van der Waals surface area contributed by atoms with E-state index in [0.29, 0.717) is 59.3 Å². The smallest absolute Gasteiger partial charge is 0.278 e. The number of fused-ring (bicyclic) bond motifs is 3. The van der Waals surface area contributed by atoms with Gasteiger partial charge in [0, 0.05) is 56.8 Å². The summed E-state index contributed by atoms with van der Waals surface area (Å²) in [5.74, 6) is 2.51. The number of anilines is 3. The number of likely N-dealkylation sites (tertiary alicyclic amines) is 1. The van der Waals surface area contributed by atoms with Gasteiger partial charge in [-0.05, 0) is 87.3 Å². The third-order valence-corrected chi connectivity index (χ3v) is 8.93. The first-order chi connectivity index (χ1) is 20.7. The molecular weight excluding hydrogens is 547 g/mol. The molecule has 11 heteroatoms. The van der Waals surface area contributed by atoms with Crippen LogP contribution in [0.2, 0.25) is 0 Å². The fourth-order valence-electron chi connectivity index (χ4n) is 6.70. The highest BCUT2D eigenvalue weighted by atomic mass is 19.1. The van der Waals surface area contributed by atoms with Crippen LogP contribution in [0.3, 0.4) is 0 Å². The average Bonchev–Trinajstić information content (AvgIpc) is 3.76. The van der Waals surface area contributed by atoms with Crippen LogP contribution in [0.25, 0.3) is 16.9 Å². The van der Waals surface area contributed by atoms with Gasteiger partial charge < -0.3 is 20.2 Å². The molecule has 2 bridgehead atoms. The van der Waals surface area contributed by atoms with Gasteiger partial charge in [0.15, 0.2) is 11.5 Å². The maximum atomic E-state index is 13.5. The number of halogens is 1. The predicted molar refractivity (Wildman–Crippen MR) is 165 cm³/mol. The van der Waals surface area contributed by atoms with Crippen LogP contribution < -0.4 is 15.8 Å². The van der Waals surface area contributed by atoms with Crippen molar-refractivity contribution in [2.45, 2.75) is 45.3 Å². The Morgan fingerprint density at radius 2 is 1.77 bits per heavy atom. The summed E-state index contributed by atoms with van der Waals surface area (Å²) in [6.07, 6.45) is 5.00. The Hall–Kier alpha value is -3.83. The Balaban J connectivity index is 1.15. The Morgan fingerprint density at radius 3 is 2.44 bits per heavy atom. The fraction of sp³-hybridized carbons (Fsp3) is 0.500. The normalized spacial score (nSPS) is 21.0. The SMILES string of the molecule is CC(C)(O)c1cccc(-n2c3nc(Nc4ccc(N5CC6CC(CN(CCF)C6)C5)cc4)ncc3c(=O)n2CC2CC2)n1. The first kappa shape index (κ1) is 28.0. The van der Waals surface area contributed by atoms with Gasteiger partial charge in [0.1, 0.15) is 17.7 Å². The number of aromatic nitrogens is 5. The van der Waals surface area contributed by atoms with Crippen molar-refractivity contribution in [1.29, 1.82) is 0 Å². The van der Waals surface area contributed by atoms with Crippen molar-refractivity contribution in [2.75, 3.05) is 49.6 Å². The van der Waals surface area contributed by atoms with Gasteiger partial charge in [-0.25, -0.2) is 23.7 Å². The van der Waals surface area contributed by atoms with Gasteiger partial charge in [-0.1, -0.05) is 6.07 Å². The molecule has 1 saturated carbocycles. The lowest BCUT2D eigenvalue weighted by atomic mass is 9.84. The zero-order valence-corrected chi connectivity index (χ0v) is 24.8. The highest BCUT2D eigenvalue weighted by Gasteiger charge is 2.34. The highest BCUT2D eigenvalue weighted by molar-refractivity contribution is 5.77. The summed E-state index contributed by atoms with van der Waals surface area (Å²) in [5.41, 5.74) is 1.74. The summed E-state index contributed by atoms with van der Waals surface area (Å²) in [5, 5.41) is 14.3. The van der Waals surface area contributed by atoms with Crippen LogP contribution in [0.15, 0.2) is 53.5 Å². The van der Waals surface area contributed by atoms with E-state index < -0.39 is 5.60 Å². The molecule has 3 aromatic heterocycles. The van der Waals surface area contributed by atoms with E-state index in [1.165, 1.54) is 12.1 Å². The number of nitrogens with one attached hydrogen (secondary N) is 1. The van der Waals surface area contributed by atoms with Gasteiger partial charge in [0.25, 0.3) is 5.56 Å². The Bertz CT molecular complexity index is 1660. The molecule has 226 valence electrons. The molecule has 3 fully saturated rings. The van der Waals surface area contributed by atoms with Crippen LogP contribution in [0.5, 0.6) is 0 Å². The predicted octanol–water partition coefficient (Wildman–Crippen LogP) is 4.09. The van der Waals surface area contributed by atoms with Gasteiger partial charge >= 0.3 is 0 Å². The molecule has 2 saturated heterocycles. The van der Waals surface area contributed by atoms with E-state index in [2.05, 4.69) is 32.2 Å². The van der Waals surface area contributed by atoms with Gasteiger partial charge in [0.2, 0.25) is 5.95 Å². The molecule has 0 amide bonds. The topological polar surface area (TPSA) is 104 Å². The van der Waals surface area contributed by atoms with Gasteiger partial charge in [0.05, 0.1) is 5.69 Å². The Morgan fingerprint density at radius 1 is 1.02 bits per heavy atom. The molecule has 10 nitrogen and oxygen atoms in total. The minimum absolute atomic E-state index is 0.146. The van der Waals surface area contributed by atoms with Crippen LogP contribution >= 0.6 is 0 Å². The monoisotopic (exact) mass is 586 g/mol. The number of benzene rings is 1. The second-order valence-electron chi connectivity index (χ2n) is 13.0. The van der Waals surface area contributed by atoms with E-state index in [4.69, 9.17) is 9.97 Å². The van der Waals surface area contributed by atoms with Crippen LogP contribution in [0.4, 0.5) is 21.7 Å². The first-order valence-corrected chi connectivity index (χ1v) is 15.3. The zero-order valence-electron chi connectivity index (χ0n) is 24.8. The molecule has 5 heterocycles. The van der Waals surface area contributed by atoms with Crippen molar-refractivity contribution in [2.24, 2.45) is 17.8 Å². The largest absolute Gasteiger partial charge is 0.384 e. The summed E-state index contributed by atoms with van der Waals surface area (Å²) in [7, 11) is 0. The van der Waals surface area contributed by atoms with Crippen molar-refractivity contribution in [1.82, 2.24) is 29.2 Å². The molecule has 2 atom stereocenters. The molecule has 0 spiro atoms. The molecule has 3 aliphatic rings. The van der Waals surface area contributed by atoms with E-state index in [-0.39, 0.29) is 12.2 Å². The zero-order chi connectivity index (χ0) is 29.7. The van der Waals surface area contributed by atoms with E-state index in [1.54, 1.807) is 35.5 Å². The molecule has 2 aliphatic heterocycles. The lowest BCUT2D eigenvalue weighted by Gasteiger charge is -2.46. The summed E-state index contributed by atoms with van der Waals surface area (Å²) < 4.78 is 16.4. The van der Waals surface area contributed by atoms with E-state index >= 15 is 0 Å². The highest BCUT2D eigenvalue weighted by Crippen LogP contribution is 2.33. The minimum Gasteiger partial charge on any atom is -0.384 e. The molecule has 43 heavy (non-hydrogen) atoms. The first-order valence-electron chi connectivity index (χ1n) is 15.3. The van der Waals surface area contributed by atoms with Crippen molar-refractivity contribution in [3.63, 3.8) is 0 Å². The summed E-state index contributed by atoms with van der Waals surface area (Å²) in [4.78, 5) is 32.2. The molecule has 2 unspecified atom stereocenters. The summed E-state index contributed by atoms with van der Waals surface area (Å²) >= 11 is 0. The van der Waals surface area contributed by atoms with Crippen LogP contribution in [0, 0.1) is 17.8 Å². The van der Waals surface area contributed by atoms with Gasteiger partial charge in [-0.15, -0.1) is 0 Å².